The highest BCUT2D eigenvalue weighted by molar-refractivity contribution is 5.40. The van der Waals surface area contributed by atoms with Gasteiger partial charge in [-0.2, -0.15) is 0 Å². The van der Waals surface area contributed by atoms with E-state index in [1.165, 1.54) is 17.2 Å². The van der Waals surface area contributed by atoms with Crippen LogP contribution in [0.15, 0.2) is 36.4 Å². The second-order valence-electron chi connectivity index (χ2n) is 5.28. The van der Waals surface area contributed by atoms with Crippen LogP contribution < -0.4 is 9.47 Å². The molecule has 2 nitrogen and oxygen atoms in total. The molecular formula is C17H17FO2. The summed E-state index contributed by atoms with van der Waals surface area (Å²) in [5.74, 6) is 1.23. The topological polar surface area (TPSA) is 18.5 Å². The molecule has 0 amide bonds. The Hall–Kier alpha value is -2.03. The zero-order chi connectivity index (χ0) is 14.1. The van der Waals surface area contributed by atoms with Crippen molar-refractivity contribution < 1.29 is 13.9 Å². The number of rotatable bonds is 3. The fraction of sp³-hybridized carbons (Fsp3) is 0.294. The summed E-state index contributed by atoms with van der Waals surface area (Å²) in [7, 11) is 0. The first-order valence-corrected chi connectivity index (χ1v) is 6.77. The summed E-state index contributed by atoms with van der Waals surface area (Å²) in [6.07, 6.45) is 0.835. The van der Waals surface area contributed by atoms with Crippen LogP contribution in [0, 0.1) is 19.7 Å². The van der Waals surface area contributed by atoms with E-state index < -0.39 is 0 Å². The number of aryl methyl sites for hydroxylation is 2. The van der Waals surface area contributed by atoms with Gasteiger partial charge in [-0.25, -0.2) is 4.39 Å². The van der Waals surface area contributed by atoms with Crippen LogP contribution in [0.1, 0.15) is 16.7 Å². The summed E-state index contributed by atoms with van der Waals surface area (Å²) < 4.78 is 24.9. The Morgan fingerprint density at radius 1 is 1.20 bits per heavy atom. The largest absolute Gasteiger partial charge is 0.490 e. The van der Waals surface area contributed by atoms with E-state index in [1.807, 2.05) is 12.1 Å². The number of hydrogen-bond donors (Lipinski definition) is 0. The van der Waals surface area contributed by atoms with Gasteiger partial charge in [0.15, 0.2) is 0 Å². The van der Waals surface area contributed by atoms with Crippen LogP contribution in [0.25, 0.3) is 0 Å². The van der Waals surface area contributed by atoms with Gasteiger partial charge in [0.25, 0.3) is 0 Å². The van der Waals surface area contributed by atoms with Crippen molar-refractivity contribution in [2.45, 2.75) is 26.4 Å². The molecule has 2 aromatic rings. The summed E-state index contributed by atoms with van der Waals surface area (Å²) in [5.41, 5.74) is 3.07. The maximum absolute atomic E-state index is 13.4. The summed E-state index contributed by atoms with van der Waals surface area (Å²) >= 11 is 0. The normalized spacial score (nSPS) is 16.6. The molecule has 2 aromatic carbocycles. The summed E-state index contributed by atoms with van der Waals surface area (Å²) in [4.78, 5) is 0. The van der Waals surface area contributed by atoms with E-state index in [-0.39, 0.29) is 11.9 Å². The minimum atomic E-state index is -0.242. The van der Waals surface area contributed by atoms with Gasteiger partial charge in [0.05, 0.1) is 0 Å². The molecule has 1 unspecified atom stereocenters. The molecule has 3 heteroatoms. The SMILES string of the molecule is Cc1ccc2c(c1)CC(COc1ccc(C)c(F)c1)O2. The molecular weight excluding hydrogens is 255 g/mol. The molecule has 104 valence electrons. The van der Waals surface area contributed by atoms with Crippen LogP contribution in [-0.4, -0.2) is 12.7 Å². The maximum atomic E-state index is 13.4. The molecule has 0 saturated heterocycles. The number of fused-ring (bicyclic) bond motifs is 1. The first kappa shape index (κ1) is 13.0. The molecule has 0 spiro atoms. The lowest BCUT2D eigenvalue weighted by molar-refractivity contribution is 0.148. The van der Waals surface area contributed by atoms with Gasteiger partial charge in [0.2, 0.25) is 0 Å². The van der Waals surface area contributed by atoms with Crippen molar-refractivity contribution in [1.29, 1.82) is 0 Å². The van der Waals surface area contributed by atoms with Crippen molar-refractivity contribution in [2.75, 3.05) is 6.61 Å². The van der Waals surface area contributed by atoms with Gasteiger partial charge in [-0.15, -0.1) is 0 Å². The van der Waals surface area contributed by atoms with Crippen LogP contribution >= 0.6 is 0 Å². The fourth-order valence-electron chi connectivity index (χ4n) is 2.39. The van der Waals surface area contributed by atoms with E-state index in [0.29, 0.717) is 17.9 Å². The smallest absolute Gasteiger partial charge is 0.137 e. The van der Waals surface area contributed by atoms with Crippen LogP contribution in [0.3, 0.4) is 0 Å². The Morgan fingerprint density at radius 2 is 2.05 bits per heavy atom. The minimum Gasteiger partial charge on any atom is -0.490 e. The van der Waals surface area contributed by atoms with E-state index in [0.717, 1.165) is 12.2 Å². The van der Waals surface area contributed by atoms with E-state index in [1.54, 1.807) is 19.1 Å². The maximum Gasteiger partial charge on any atom is 0.137 e. The third-order valence-electron chi connectivity index (χ3n) is 3.54. The second-order valence-corrected chi connectivity index (χ2v) is 5.28. The first-order valence-electron chi connectivity index (χ1n) is 6.77. The molecule has 1 heterocycles. The van der Waals surface area contributed by atoms with Crippen LogP contribution in [-0.2, 0) is 6.42 Å². The Balaban J connectivity index is 1.62. The van der Waals surface area contributed by atoms with Crippen LogP contribution in [0.5, 0.6) is 11.5 Å². The van der Waals surface area contributed by atoms with Crippen molar-refractivity contribution >= 4 is 0 Å². The van der Waals surface area contributed by atoms with Crippen molar-refractivity contribution in [3.63, 3.8) is 0 Å². The standard InChI is InChI=1S/C17H17FO2/c1-11-3-6-17-13(7-11)8-15(20-17)10-19-14-5-4-12(2)16(18)9-14/h3-7,9,15H,8,10H2,1-2H3. The molecule has 0 saturated carbocycles. The number of halogens is 1. The lowest BCUT2D eigenvalue weighted by atomic mass is 10.1. The molecule has 20 heavy (non-hydrogen) atoms. The molecule has 1 atom stereocenters. The molecule has 1 aliphatic rings. The van der Waals surface area contributed by atoms with Gasteiger partial charge < -0.3 is 9.47 Å². The number of benzene rings is 2. The number of ether oxygens (including phenoxy) is 2. The van der Waals surface area contributed by atoms with Gasteiger partial charge in [-0.1, -0.05) is 23.8 Å². The zero-order valence-corrected chi connectivity index (χ0v) is 11.7. The molecule has 1 aliphatic heterocycles. The van der Waals surface area contributed by atoms with E-state index >= 15 is 0 Å². The van der Waals surface area contributed by atoms with Gasteiger partial charge >= 0.3 is 0 Å². The van der Waals surface area contributed by atoms with Gasteiger partial charge in [0, 0.05) is 12.5 Å². The van der Waals surface area contributed by atoms with Gasteiger partial charge in [-0.3, -0.25) is 0 Å². The lowest BCUT2D eigenvalue weighted by Gasteiger charge is -2.12. The Kier molecular flexibility index (Phi) is 3.35. The molecule has 0 aliphatic carbocycles. The molecule has 3 rings (SSSR count). The highest BCUT2D eigenvalue weighted by atomic mass is 19.1. The highest BCUT2D eigenvalue weighted by Crippen LogP contribution is 2.29. The minimum absolute atomic E-state index is 0.00355. The summed E-state index contributed by atoms with van der Waals surface area (Å²) in [6, 6.07) is 11.1. The molecule has 0 bridgehead atoms. The Morgan fingerprint density at radius 3 is 2.85 bits per heavy atom. The van der Waals surface area contributed by atoms with E-state index in [9.17, 15) is 4.39 Å². The van der Waals surface area contributed by atoms with Crippen molar-refractivity contribution in [2.24, 2.45) is 0 Å². The van der Waals surface area contributed by atoms with Crippen molar-refractivity contribution in [3.05, 3.63) is 58.9 Å². The molecule has 0 N–H and O–H groups in total. The van der Waals surface area contributed by atoms with E-state index in [2.05, 4.69) is 13.0 Å². The second kappa shape index (κ2) is 5.16. The van der Waals surface area contributed by atoms with Crippen LogP contribution in [0.2, 0.25) is 0 Å². The highest BCUT2D eigenvalue weighted by Gasteiger charge is 2.23. The summed E-state index contributed by atoms with van der Waals surface area (Å²) in [6.45, 7) is 4.23. The predicted molar refractivity (Wildman–Crippen MR) is 75.9 cm³/mol. The Labute approximate surface area is 118 Å². The number of hydrogen-bond acceptors (Lipinski definition) is 2. The van der Waals surface area contributed by atoms with Crippen molar-refractivity contribution in [3.8, 4) is 11.5 Å². The average Bonchev–Trinajstić information content (AvgIpc) is 2.82. The average molecular weight is 272 g/mol. The molecule has 0 aromatic heterocycles. The van der Waals surface area contributed by atoms with Gasteiger partial charge in [-0.05, 0) is 37.1 Å². The molecule has 0 radical (unpaired) electrons. The monoisotopic (exact) mass is 272 g/mol. The third-order valence-corrected chi connectivity index (χ3v) is 3.54. The Bertz CT molecular complexity index is 637. The van der Waals surface area contributed by atoms with Crippen LogP contribution in [0.4, 0.5) is 4.39 Å². The van der Waals surface area contributed by atoms with Gasteiger partial charge in [0.1, 0.15) is 30.0 Å². The fourth-order valence-corrected chi connectivity index (χ4v) is 2.39. The predicted octanol–water partition coefficient (Wildman–Crippen LogP) is 3.83. The van der Waals surface area contributed by atoms with Crippen molar-refractivity contribution in [1.82, 2.24) is 0 Å². The summed E-state index contributed by atoms with van der Waals surface area (Å²) in [5, 5.41) is 0. The lowest BCUT2D eigenvalue weighted by Crippen LogP contribution is -2.22. The molecule has 0 fully saturated rings. The zero-order valence-electron chi connectivity index (χ0n) is 11.7. The quantitative estimate of drug-likeness (QED) is 0.845. The van der Waals surface area contributed by atoms with E-state index in [4.69, 9.17) is 9.47 Å². The first-order chi connectivity index (χ1) is 9.61. The third kappa shape index (κ3) is 2.62.